The average Bonchev–Trinajstić information content (AvgIpc) is 2.70. The van der Waals surface area contributed by atoms with Crippen LogP contribution in [0.4, 0.5) is 10.5 Å². The number of hydrogen-bond acceptors (Lipinski definition) is 5. The predicted octanol–water partition coefficient (Wildman–Crippen LogP) is 3.31. The summed E-state index contributed by atoms with van der Waals surface area (Å²) in [5, 5.41) is 13.8. The van der Waals surface area contributed by atoms with Crippen LogP contribution in [0.15, 0.2) is 65.9 Å². The monoisotopic (exact) mass is 381 g/mol. The summed E-state index contributed by atoms with van der Waals surface area (Å²) in [7, 11) is 1.54. The topological polar surface area (TPSA) is 102 Å². The molecule has 0 spiro atoms. The minimum atomic E-state index is -0.841. The lowest BCUT2D eigenvalue weighted by Crippen LogP contribution is -2.46. The van der Waals surface area contributed by atoms with Gasteiger partial charge in [-0.25, -0.2) is 9.59 Å². The Morgan fingerprint density at radius 1 is 1.21 bits per heavy atom. The van der Waals surface area contributed by atoms with Crippen molar-refractivity contribution in [2.24, 2.45) is 0 Å². The molecule has 8 heteroatoms. The molecule has 144 valence electrons. The molecule has 2 aromatic carbocycles. The number of amides is 2. The van der Waals surface area contributed by atoms with Gasteiger partial charge in [-0.3, -0.25) is 10.1 Å². The lowest BCUT2D eigenvalue weighted by atomic mass is 9.94. The van der Waals surface area contributed by atoms with Gasteiger partial charge in [0, 0.05) is 24.9 Å². The first kappa shape index (κ1) is 19.1. The molecule has 1 atom stereocenters. The molecule has 1 aliphatic rings. The first-order valence-electron chi connectivity index (χ1n) is 8.59. The minimum Gasteiger partial charge on any atom is -0.457 e. The molecule has 8 nitrogen and oxygen atoms in total. The number of carbonyl (C=O) groups excluding carboxylic acids is 2. The van der Waals surface area contributed by atoms with Crippen LogP contribution in [0, 0.1) is 10.1 Å². The SMILES string of the molecule is CC1=C(C(=O)OCc2ccccc2)[C@@H](c2cccc([N+](=O)[O-])c2)NC(=O)N1C. The Morgan fingerprint density at radius 3 is 2.61 bits per heavy atom. The molecule has 0 saturated carbocycles. The van der Waals surface area contributed by atoms with Crippen molar-refractivity contribution < 1.29 is 19.2 Å². The first-order valence-corrected chi connectivity index (χ1v) is 8.59. The fraction of sp³-hybridized carbons (Fsp3) is 0.200. The number of carbonyl (C=O) groups is 2. The zero-order chi connectivity index (χ0) is 20.3. The van der Waals surface area contributed by atoms with E-state index >= 15 is 0 Å². The Hall–Kier alpha value is -3.68. The zero-order valence-electron chi connectivity index (χ0n) is 15.4. The highest BCUT2D eigenvalue weighted by molar-refractivity contribution is 5.95. The molecule has 1 N–H and O–H groups in total. The highest BCUT2D eigenvalue weighted by Gasteiger charge is 2.35. The number of non-ortho nitro benzene ring substituents is 1. The van der Waals surface area contributed by atoms with Crippen LogP contribution in [0.5, 0.6) is 0 Å². The molecular weight excluding hydrogens is 362 g/mol. The fourth-order valence-electron chi connectivity index (χ4n) is 2.97. The molecule has 3 rings (SSSR count). The lowest BCUT2D eigenvalue weighted by Gasteiger charge is -2.33. The molecule has 2 aromatic rings. The van der Waals surface area contributed by atoms with Crippen molar-refractivity contribution in [2.45, 2.75) is 19.6 Å². The van der Waals surface area contributed by atoms with Crippen molar-refractivity contribution in [3.8, 4) is 0 Å². The normalized spacial score (nSPS) is 16.6. The lowest BCUT2D eigenvalue weighted by molar-refractivity contribution is -0.384. The average molecular weight is 381 g/mol. The van der Waals surface area contributed by atoms with Crippen molar-refractivity contribution in [3.05, 3.63) is 87.1 Å². The Labute approximate surface area is 161 Å². The number of ether oxygens (including phenoxy) is 1. The summed E-state index contributed by atoms with van der Waals surface area (Å²) in [6.45, 7) is 1.72. The van der Waals surface area contributed by atoms with E-state index in [1.54, 1.807) is 20.0 Å². The highest BCUT2D eigenvalue weighted by atomic mass is 16.6. The van der Waals surface area contributed by atoms with Crippen LogP contribution in [0.2, 0.25) is 0 Å². The summed E-state index contributed by atoms with van der Waals surface area (Å²) >= 11 is 0. The quantitative estimate of drug-likeness (QED) is 0.486. The van der Waals surface area contributed by atoms with Gasteiger partial charge < -0.3 is 15.0 Å². The fourth-order valence-corrected chi connectivity index (χ4v) is 2.97. The number of nitrogens with zero attached hydrogens (tertiary/aromatic N) is 2. The number of nitro benzene ring substituents is 1. The second kappa shape index (κ2) is 7.91. The molecule has 0 unspecified atom stereocenters. The van der Waals surface area contributed by atoms with Gasteiger partial charge in [-0.05, 0) is 18.1 Å². The predicted molar refractivity (Wildman–Crippen MR) is 101 cm³/mol. The van der Waals surface area contributed by atoms with Gasteiger partial charge in [-0.15, -0.1) is 0 Å². The smallest absolute Gasteiger partial charge is 0.338 e. The summed E-state index contributed by atoms with van der Waals surface area (Å²) in [6.07, 6.45) is 0. The number of hydrogen-bond donors (Lipinski definition) is 1. The van der Waals surface area contributed by atoms with Crippen LogP contribution in [-0.4, -0.2) is 28.9 Å². The molecule has 0 aromatic heterocycles. The van der Waals surface area contributed by atoms with Crippen LogP contribution in [0.3, 0.4) is 0 Å². The van der Waals surface area contributed by atoms with E-state index in [0.29, 0.717) is 11.3 Å². The van der Waals surface area contributed by atoms with Crippen molar-refractivity contribution in [1.82, 2.24) is 10.2 Å². The molecule has 0 aliphatic carbocycles. The number of rotatable bonds is 5. The summed E-state index contributed by atoms with van der Waals surface area (Å²) in [5.41, 5.74) is 1.80. The standard InChI is InChI=1S/C20H19N3O5/c1-13-17(19(24)28-12-14-7-4-3-5-8-14)18(21-20(25)22(13)2)15-9-6-10-16(11-15)23(26)27/h3-11,18H,12H2,1-2H3,(H,21,25)/t18-/m1/s1. The molecule has 1 heterocycles. The van der Waals surface area contributed by atoms with E-state index in [2.05, 4.69) is 5.32 Å². The van der Waals surface area contributed by atoms with Crippen molar-refractivity contribution in [1.29, 1.82) is 0 Å². The maximum atomic E-state index is 12.8. The molecule has 0 bridgehead atoms. The Bertz CT molecular complexity index is 955. The van der Waals surface area contributed by atoms with Crippen LogP contribution < -0.4 is 5.32 Å². The van der Waals surface area contributed by atoms with Crippen LogP contribution in [-0.2, 0) is 16.1 Å². The number of allylic oxidation sites excluding steroid dienone is 1. The van der Waals surface area contributed by atoms with E-state index in [9.17, 15) is 19.7 Å². The van der Waals surface area contributed by atoms with E-state index in [0.717, 1.165) is 5.56 Å². The largest absolute Gasteiger partial charge is 0.457 e. The third-order valence-electron chi connectivity index (χ3n) is 4.60. The minimum absolute atomic E-state index is 0.0791. The second-order valence-electron chi connectivity index (χ2n) is 6.35. The van der Waals surface area contributed by atoms with Gasteiger partial charge in [-0.1, -0.05) is 42.5 Å². The highest BCUT2D eigenvalue weighted by Crippen LogP contribution is 2.32. The van der Waals surface area contributed by atoms with Gasteiger partial charge in [-0.2, -0.15) is 0 Å². The summed E-state index contributed by atoms with van der Waals surface area (Å²) in [4.78, 5) is 37.0. The first-order chi connectivity index (χ1) is 13.4. The maximum absolute atomic E-state index is 12.8. The molecule has 0 fully saturated rings. The number of esters is 1. The van der Waals surface area contributed by atoms with Crippen molar-refractivity contribution >= 4 is 17.7 Å². The molecule has 28 heavy (non-hydrogen) atoms. The zero-order valence-corrected chi connectivity index (χ0v) is 15.4. The summed E-state index contributed by atoms with van der Waals surface area (Å²) < 4.78 is 5.44. The van der Waals surface area contributed by atoms with Crippen molar-refractivity contribution in [3.63, 3.8) is 0 Å². The van der Waals surface area contributed by atoms with Gasteiger partial charge >= 0.3 is 12.0 Å². The van der Waals surface area contributed by atoms with Gasteiger partial charge in [0.15, 0.2) is 0 Å². The van der Waals surface area contributed by atoms with Gasteiger partial charge in [0.05, 0.1) is 16.5 Å². The summed E-state index contributed by atoms with van der Waals surface area (Å²) in [6, 6.07) is 13.8. The van der Waals surface area contributed by atoms with E-state index in [1.165, 1.54) is 23.1 Å². The molecule has 1 aliphatic heterocycles. The molecule has 2 amide bonds. The third-order valence-corrected chi connectivity index (χ3v) is 4.60. The molecule has 0 saturated heterocycles. The number of nitro groups is 1. The van der Waals surface area contributed by atoms with Gasteiger partial charge in [0.1, 0.15) is 6.61 Å². The van der Waals surface area contributed by atoms with Crippen LogP contribution in [0.1, 0.15) is 24.1 Å². The van der Waals surface area contributed by atoms with Gasteiger partial charge in [0.25, 0.3) is 5.69 Å². The van der Waals surface area contributed by atoms with E-state index in [1.807, 2.05) is 30.3 Å². The van der Waals surface area contributed by atoms with E-state index < -0.39 is 23.0 Å². The third kappa shape index (κ3) is 3.85. The van der Waals surface area contributed by atoms with Crippen molar-refractivity contribution in [2.75, 3.05) is 7.05 Å². The Kier molecular flexibility index (Phi) is 5.39. The number of nitrogens with one attached hydrogen (secondary N) is 1. The number of benzene rings is 2. The van der Waals surface area contributed by atoms with Crippen LogP contribution >= 0.6 is 0 Å². The van der Waals surface area contributed by atoms with E-state index in [4.69, 9.17) is 4.74 Å². The van der Waals surface area contributed by atoms with Gasteiger partial charge in [0.2, 0.25) is 0 Å². The Balaban J connectivity index is 1.93. The van der Waals surface area contributed by atoms with Crippen LogP contribution in [0.25, 0.3) is 0 Å². The molecule has 0 radical (unpaired) electrons. The second-order valence-corrected chi connectivity index (χ2v) is 6.35. The Morgan fingerprint density at radius 2 is 1.93 bits per heavy atom. The molecular formula is C20H19N3O5. The summed E-state index contributed by atoms with van der Waals surface area (Å²) in [5.74, 6) is -0.593. The van der Waals surface area contributed by atoms with E-state index in [-0.39, 0.29) is 17.9 Å². The number of urea groups is 1. The maximum Gasteiger partial charge on any atom is 0.338 e.